The first kappa shape index (κ1) is 23.6. The van der Waals surface area contributed by atoms with E-state index in [9.17, 15) is 4.79 Å². The molecule has 1 rings (SSSR count). The van der Waals surface area contributed by atoms with Crippen molar-refractivity contribution in [1.82, 2.24) is 11.5 Å². The molecule has 1 aliphatic carbocycles. The van der Waals surface area contributed by atoms with Crippen molar-refractivity contribution in [2.24, 2.45) is 11.7 Å². The van der Waals surface area contributed by atoms with Crippen molar-refractivity contribution in [3.8, 4) is 0 Å². The Morgan fingerprint density at radius 1 is 1.50 bits per heavy atom. The topological polar surface area (TPSA) is 110 Å². The average Bonchev–Trinajstić information content (AvgIpc) is 1.80. The van der Waals surface area contributed by atoms with Gasteiger partial charge >= 0.3 is 5.97 Å². The van der Waals surface area contributed by atoms with E-state index in [2.05, 4.69) is 5.32 Å². The molecule has 0 aromatic heterocycles. The first-order valence-electron chi connectivity index (χ1n) is 3.32. The van der Waals surface area contributed by atoms with Gasteiger partial charge in [-0.05, 0) is 13.5 Å². The zero-order valence-electron chi connectivity index (χ0n) is 7.03. The number of rotatable bonds is 2. The summed E-state index contributed by atoms with van der Waals surface area (Å²) in [6.07, 6.45) is 0.771. The van der Waals surface area contributed by atoms with Crippen LogP contribution in [0.5, 0.6) is 0 Å². The van der Waals surface area contributed by atoms with Gasteiger partial charge in [0.25, 0.3) is 0 Å². The molecule has 0 heterocycles. The van der Waals surface area contributed by atoms with Gasteiger partial charge in [-0.3, -0.25) is 4.79 Å². The Kier molecular flexibility index (Phi) is 16.0. The van der Waals surface area contributed by atoms with Crippen LogP contribution in [0.4, 0.5) is 0 Å². The second kappa shape index (κ2) is 9.49. The normalized spacial score (nSPS) is 27.7. The molecule has 5 nitrogen and oxygen atoms in total. The van der Waals surface area contributed by atoms with Crippen molar-refractivity contribution in [3.63, 3.8) is 0 Å². The second-order valence-corrected chi connectivity index (χ2v) is 2.66. The number of nitrogens with one attached hydrogen (secondary N) is 1. The smallest absolute Gasteiger partial charge is 0.309 e. The predicted octanol–water partition coefficient (Wildman–Crippen LogP) is 0.438. The minimum Gasteiger partial charge on any atom is -0.481 e. The summed E-state index contributed by atoms with van der Waals surface area (Å²) >= 11 is 0. The molecule has 87 valence electrons. The third kappa shape index (κ3) is 4.44. The van der Waals surface area contributed by atoms with Crippen molar-refractivity contribution < 1.29 is 28.5 Å². The van der Waals surface area contributed by atoms with Gasteiger partial charge in [-0.25, -0.2) is 0 Å². The Bertz CT molecular complexity index is 158. The van der Waals surface area contributed by atoms with E-state index >= 15 is 0 Å². The Morgan fingerprint density at radius 2 is 1.93 bits per heavy atom. The zero-order valence-corrected chi connectivity index (χ0v) is 8.42. The van der Waals surface area contributed by atoms with Crippen LogP contribution < -0.4 is 17.2 Å². The summed E-state index contributed by atoms with van der Waals surface area (Å²) in [5, 5.41) is 11.5. The van der Waals surface area contributed by atoms with Gasteiger partial charge in [-0.2, -0.15) is 0 Å². The van der Waals surface area contributed by atoms with E-state index in [-0.39, 0.29) is 57.6 Å². The van der Waals surface area contributed by atoms with Crippen LogP contribution in [0.15, 0.2) is 0 Å². The maximum absolute atomic E-state index is 10.4. The fourth-order valence-corrected chi connectivity index (χ4v) is 1.34. The van der Waals surface area contributed by atoms with Crippen LogP contribution in [0.25, 0.3) is 0 Å². The maximum Gasteiger partial charge on any atom is 0.309 e. The van der Waals surface area contributed by atoms with Crippen molar-refractivity contribution in [3.05, 3.63) is 0 Å². The minimum atomic E-state index is -0.793. The van der Waals surface area contributed by atoms with Gasteiger partial charge in [0.05, 0.1) is 5.92 Å². The first-order chi connectivity index (χ1) is 4.66. The molecule has 14 heavy (non-hydrogen) atoms. The summed E-state index contributed by atoms with van der Waals surface area (Å²) in [6, 6.07) is -0.0811. The van der Waals surface area contributed by atoms with Gasteiger partial charge in [0.2, 0.25) is 0 Å². The number of nitrogens with two attached hydrogens (primary N) is 1. The third-order valence-corrected chi connectivity index (χ3v) is 2.08. The third-order valence-electron chi connectivity index (χ3n) is 2.08. The molecule has 0 amide bonds. The van der Waals surface area contributed by atoms with E-state index in [0.717, 1.165) is 6.42 Å². The standard InChI is InChI=1S/C6H12N2O2.2CH4.H3N.V/c1-8-4-2-3(7)5(4)6(9)10;;;;/h3-5,8H,2,7H2,1H3,(H,9,10);2*1H4;1H3;. The number of carboxylic acid groups (broad SMARTS) is 1. The average molecular weight is 244 g/mol. The van der Waals surface area contributed by atoms with Crippen molar-refractivity contribution in [2.45, 2.75) is 33.4 Å². The van der Waals surface area contributed by atoms with Crippen LogP contribution in [0.3, 0.4) is 0 Å². The molecule has 0 aromatic rings. The second-order valence-electron chi connectivity index (χ2n) is 2.66. The molecule has 7 N–H and O–H groups in total. The molecule has 0 aromatic carbocycles. The predicted molar refractivity (Wildman–Crippen MR) is 55.1 cm³/mol. The summed E-state index contributed by atoms with van der Waals surface area (Å²) in [5.74, 6) is -1.18. The minimum absolute atomic E-state index is 0. The fourth-order valence-electron chi connectivity index (χ4n) is 1.34. The Morgan fingerprint density at radius 3 is 2.07 bits per heavy atom. The molecule has 0 spiro atoms. The van der Waals surface area contributed by atoms with Gasteiger partial charge < -0.3 is 22.3 Å². The van der Waals surface area contributed by atoms with Gasteiger partial charge in [-0.1, -0.05) is 14.9 Å². The molecule has 3 unspecified atom stereocenters. The molecule has 0 bridgehead atoms. The molecular formula is C8H23N3O2V. The SMILES string of the molecule is C.C.CNC1CC(N)C1C(=O)O.N.[V]. The summed E-state index contributed by atoms with van der Waals surface area (Å²) in [7, 11) is 1.76. The van der Waals surface area contributed by atoms with E-state index in [4.69, 9.17) is 10.8 Å². The summed E-state index contributed by atoms with van der Waals surface area (Å²) in [5.41, 5.74) is 5.47. The van der Waals surface area contributed by atoms with Crippen molar-refractivity contribution in [2.75, 3.05) is 7.05 Å². The zero-order chi connectivity index (χ0) is 7.72. The molecule has 1 radical (unpaired) electrons. The molecule has 6 heteroatoms. The number of carboxylic acids is 1. The molecular weight excluding hydrogens is 221 g/mol. The fraction of sp³-hybridized carbons (Fsp3) is 0.875. The molecule has 1 fully saturated rings. The van der Waals surface area contributed by atoms with Crippen LogP contribution in [-0.2, 0) is 23.4 Å². The van der Waals surface area contributed by atoms with E-state index < -0.39 is 5.97 Å². The quantitative estimate of drug-likeness (QED) is 0.563. The van der Waals surface area contributed by atoms with Crippen LogP contribution >= 0.6 is 0 Å². The molecule has 0 saturated heterocycles. The molecule has 1 aliphatic rings. The van der Waals surface area contributed by atoms with Crippen molar-refractivity contribution >= 4 is 5.97 Å². The monoisotopic (exact) mass is 244 g/mol. The largest absolute Gasteiger partial charge is 0.481 e. The van der Waals surface area contributed by atoms with Gasteiger partial charge in [0.15, 0.2) is 0 Å². The van der Waals surface area contributed by atoms with Crippen LogP contribution in [0, 0.1) is 5.92 Å². The molecule has 0 aliphatic heterocycles. The summed E-state index contributed by atoms with van der Waals surface area (Å²) < 4.78 is 0. The van der Waals surface area contributed by atoms with E-state index in [1.165, 1.54) is 0 Å². The summed E-state index contributed by atoms with van der Waals surface area (Å²) in [6.45, 7) is 0. The molecule has 3 atom stereocenters. The number of aliphatic carboxylic acids is 1. The van der Waals surface area contributed by atoms with E-state index in [1.54, 1.807) is 7.05 Å². The van der Waals surface area contributed by atoms with Gasteiger partial charge in [0.1, 0.15) is 0 Å². The Balaban J connectivity index is -0.000000125. The Hall–Kier alpha value is -0.0656. The van der Waals surface area contributed by atoms with Crippen LogP contribution in [-0.4, -0.2) is 30.2 Å². The van der Waals surface area contributed by atoms with E-state index in [1.807, 2.05) is 0 Å². The number of hydrogen-bond acceptors (Lipinski definition) is 4. The number of hydrogen-bond donors (Lipinski definition) is 4. The summed E-state index contributed by atoms with van der Waals surface area (Å²) in [4.78, 5) is 10.4. The van der Waals surface area contributed by atoms with Crippen molar-refractivity contribution in [1.29, 1.82) is 0 Å². The van der Waals surface area contributed by atoms with Crippen LogP contribution in [0.1, 0.15) is 21.3 Å². The first-order valence-corrected chi connectivity index (χ1v) is 3.32. The van der Waals surface area contributed by atoms with Crippen LogP contribution in [0.2, 0.25) is 0 Å². The Labute approximate surface area is 98.3 Å². The maximum atomic E-state index is 10.4. The van der Waals surface area contributed by atoms with E-state index in [0.29, 0.717) is 0 Å². The molecule has 1 saturated carbocycles. The number of carbonyl (C=O) groups is 1. The van der Waals surface area contributed by atoms with Gasteiger partial charge in [0, 0.05) is 30.6 Å². The van der Waals surface area contributed by atoms with Gasteiger partial charge in [-0.15, -0.1) is 0 Å².